The van der Waals surface area contributed by atoms with Crippen LogP contribution in [-0.4, -0.2) is 10.2 Å². The molecule has 1 unspecified atom stereocenters. The summed E-state index contributed by atoms with van der Waals surface area (Å²) in [6, 6.07) is 21.7. The summed E-state index contributed by atoms with van der Waals surface area (Å²) in [5.74, 6) is 0. The molecular formula is C19H18O2. The molecule has 0 saturated heterocycles. The van der Waals surface area contributed by atoms with Gasteiger partial charge in [-0.15, -0.1) is 0 Å². The van der Waals surface area contributed by atoms with Crippen molar-refractivity contribution in [3.8, 4) is 0 Å². The van der Waals surface area contributed by atoms with Crippen LogP contribution in [0.25, 0.3) is 10.8 Å². The summed E-state index contributed by atoms with van der Waals surface area (Å²) in [6.07, 6.45) is -0.0751. The number of aliphatic hydroxyl groups excluding tert-OH is 2. The zero-order valence-corrected chi connectivity index (χ0v) is 11.7. The highest BCUT2D eigenvalue weighted by Crippen LogP contribution is 2.27. The molecule has 21 heavy (non-hydrogen) atoms. The molecule has 2 N–H and O–H groups in total. The van der Waals surface area contributed by atoms with Crippen molar-refractivity contribution in [3.05, 3.63) is 83.4 Å². The lowest BCUT2D eigenvalue weighted by Gasteiger charge is -2.15. The maximum atomic E-state index is 10.6. The molecule has 106 valence electrons. The van der Waals surface area contributed by atoms with Gasteiger partial charge in [-0.05, 0) is 27.5 Å². The summed E-state index contributed by atoms with van der Waals surface area (Å²) in [7, 11) is 0. The van der Waals surface area contributed by atoms with Gasteiger partial charge in [-0.25, -0.2) is 0 Å². The highest BCUT2D eigenvalue weighted by Gasteiger charge is 2.13. The molecule has 0 saturated carbocycles. The monoisotopic (exact) mass is 278 g/mol. The number of rotatable bonds is 4. The van der Waals surface area contributed by atoms with Crippen molar-refractivity contribution in [2.24, 2.45) is 0 Å². The summed E-state index contributed by atoms with van der Waals surface area (Å²) >= 11 is 0. The molecule has 0 aliphatic carbocycles. The van der Waals surface area contributed by atoms with E-state index in [1.807, 2.05) is 66.7 Å². The predicted octanol–water partition coefficient (Wildman–Crippen LogP) is 3.61. The highest BCUT2D eigenvalue weighted by molar-refractivity contribution is 5.86. The number of hydrogen-bond donors (Lipinski definition) is 2. The van der Waals surface area contributed by atoms with Gasteiger partial charge in [0.05, 0.1) is 12.7 Å². The Labute approximate surface area is 124 Å². The van der Waals surface area contributed by atoms with E-state index < -0.39 is 6.10 Å². The lowest BCUT2D eigenvalue weighted by Crippen LogP contribution is -2.05. The van der Waals surface area contributed by atoms with E-state index in [4.69, 9.17) is 0 Å². The molecule has 0 aliphatic rings. The topological polar surface area (TPSA) is 40.5 Å². The Morgan fingerprint density at radius 3 is 2.24 bits per heavy atom. The minimum atomic E-state index is -0.580. The fraction of sp³-hybridized carbons (Fsp3) is 0.158. The Kier molecular flexibility index (Phi) is 4.00. The second kappa shape index (κ2) is 6.08. The molecule has 3 aromatic carbocycles. The lowest BCUT2D eigenvalue weighted by atomic mass is 9.94. The summed E-state index contributed by atoms with van der Waals surface area (Å²) in [5, 5.41) is 22.2. The maximum Gasteiger partial charge on any atom is 0.0836 e. The van der Waals surface area contributed by atoms with Crippen LogP contribution in [-0.2, 0) is 13.0 Å². The molecule has 0 spiro atoms. The number of fused-ring (bicyclic) bond motifs is 1. The molecule has 2 nitrogen and oxygen atoms in total. The molecule has 0 bridgehead atoms. The van der Waals surface area contributed by atoms with Crippen molar-refractivity contribution in [2.75, 3.05) is 0 Å². The van der Waals surface area contributed by atoms with E-state index in [0.29, 0.717) is 6.42 Å². The first-order chi connectivity index (χ1) is 10.3. The van der Waals surface area contributed by atoms with Gasteiger partial charge in [-0.2, -0.15) is 0 Å². The number of aliphatic hydroxyl groups is 2. The minimum absolute atomic E-state index is 0.00156. The average molecular weight is 278 g/mol. The van der Waals surface area contributed by atoms with Crippen molar-refractivity contribution >= 4 is 10.8 Å². The molecule has 0 aromatic heterocycles. The normalized spacial score (nSPS) is 12.5. The zero-order chi connectivity index (χ0) is 14.7. The van der Waals surface area contributed by atoms with E-state index in [2.05, 4.69) is 0 Å². The Morgan fingerprint density at radius 1 is 0.762 bits per heavy atom. The molecule has 0 radical (unpaired) electrons. The van der Waals surface area contributed by atoms with E-state index in [-0.39, 0.29) is 6.61 Å². The zero-order valence-electron chi connectivity index (χ0n) is 11.7. The van der Waals surface area contributed by atoms with Gasteiger partial charge in [0.15, 0.2) is 0 Å². The largest absolute Gasteiger partial charge is 0.392 e. The molecule has 3 aromatic rings. The molecule has 0 amide bonds. The Bertz CT molecular complexity index is 744. The average Bonchev–Trinajstić information content (AvgIpc) is 2.54. The van der Waals surface area contributed by atoms with Crippen molar-refractivity contribution in [1.82, 2.24) is 0 Å². The van der Waals surface area contributed by atoms with E-state index in [1.54, 1.807) is 0 Å². The Balaban J connectivity index is 1.96. The third-order valence-corrected chi connectivity index (χ3v) is 3.88. The predicted molar refractivity (Wildman–Crippen MR) is 85.0 cm³/mol. The van der Waals surface area contributed by atoms with Crippen molar-refractivity contribution in [3.63, 3.8) is 0 Å². The van der Waals surface area contributed by atoms with E-state index in [1.165, 1.54) is 0 Å². The Morgan fingerprint density at radius 2 is 1.43 bits per heavy atom. The standard InChI is InChI=1S/C19H18O2/c20-13-16-8-2-1-7-15(16)12-19(21)18-11-5-9-14-6-3-4-10-17(14)18/h1-11,19-21H,12-13H2. The van der Waals surface area contributed by atoms with Crippen LogP contribution in [0.4, 0.5) is 0 Å². The number of hydrogen-bond acceptors (Lipinski definition) is 2. The van der Waals surface area contributed by atoms with Gasteiger partial charge in [0.25, 0.3) is 0 Å². The fourth-order valence-corrected chi connectivity index (χ4v) is 2.77. The van der Waals surface area contributed by atoms with Crippen LogP contribution in [0.15, 0.2) is 66.7 Å². The summed E-state index contributed by atoms with van der Waals surface area (Å²) in [5.41, 5.74) is 2.79. The van der Waals surface area contributed by atoms with Gasteiger partial charge >= 0.3 is 0 Å². The third-order valence-electron chi connectivity index (χ3n) is 3.88. The van der Waals surface area contributed by atoms with Gasteiger partial charge in [0.2, 0.25) is 0 Å². The van der Waals surface area contributed by atoms with E-state index >= 15 is 0 Å². The van der Waals surface area contributed by atoms with Crippen LogP contribution in [0.1, 0.15) is 22.8 Å². The molecule has 1 atom stereocenters. The van der Waals surface area contributed by atoms with Gasteiger partial charge < -0.3 is 10.2 Å². The molecule has 3 rings (SSSR count). The minimum Gasteiger partial charge on any atom is -0.392 e. The second-order valence-electron chi connectivity index (χ2n) is 5.22. The van der Waals surface area contributed by atoms with Crippen LogP contribution < -0.4 is 0 Å². The second-order valence-corrected chi connectivity index (χ2v) is 5.22. The van der Waals surface area contributed by atoms with Gasteiger partial charge in [-0.1, -0.05) is 66.7 Å². The third kappa shape index (κ3) is 2.82. The van der Waals surface area contributed by atoms with Crippen LogP contribution >= 0.6 is 0 Å². The first-order valence-electron chi connectivity index (χ1n) is 7.13. The molecule has 2 heteroatoms. The van der Waals surface area contributed by atoms with Gasteiger partial charge in [0.1, 0.15) is 0 Å². The van der Waals surface area contributed by atoms with Crippen LogP contribution in [0.5, 0.6) is 0 Å². The SMILES string of the molecule is OCc1ccccc1CC(O)c1cccc2ccccc12. The molecule has 0 aliphatic heterocycles. The van der Waals surface area contributed by atoms with Crippen molar-refractivity contribution < 1.29 is 10.2 Å². The van der Waals surface area contributed by atoms with Crippen molar-refractivity contribution in [2.45, 2.75) is 19.1 Å². The molecule has 0 heterocycles. The van der Waals surface area contributed by atoms with Crippen molar-refractivity contribution in [1.29, 1.82) is 0 Å². The molecular weight excluding hydrogens is 260 g/mol. The van der Waals surface area contributed by atoms with Crippen LogP contribution in [0, 0.1) is 0 Å². The quantitative estimate of drug-likeness (QED) is 0.765. The van der Waals surface area contributed by atoms with E-state index in [9.17, 15) is 10.2 Å². The molecule has 0 fully saturated rings. The highest BCUT2D eigenvalue weighted by atomic mass is 16.3. The van der Waals surface area contributed by atoms with Gasteiger partial charge in [-0.3, -0.25) is 0 Å². The first-order valence-corrected chi connectivity index (χ1v) is 7.13. The first kappa shape index (κ1) is 13.8. The summed E-state index contributed by atoms with van der Waals surface area (Å²) in [4.78, 5) is 0. The summed E-state index contributed by atoms with van der Waals surface area (Å²) < 4.78 is 0. The maximum absolute atomic E-state index is 10.6. The van der Waals surface area contributed by atoms with Gasteiger partial charge in [0, 0.05) is 6.42 Å². The van der Waals surface area contributed by atoms with Crippen LogP contribution in [0.2, 0.25) is 0 Å². The number of benzene rings is 3. The van der Waals surface area contributed by atoms with Crippen LogP contribution in [0.3, 0.4) is 0 Å². The summed E-state index contributed by atoms with van der Waals surface area (Å²) in [6.45, 7) is -0.00156. The van der Waals surface area contributed by atoms with E-state index in [0.717, 1.165) is 27.5 Å². The fourth-order valence-electron chi connectivity index (χ4n) is 2.77. The Hall–Kier alpha value is -2.16. The lowest BCUT2D eigenvalue weighted by molar-refractivity contribution is 0.179. The smallest absolute Gasteiger partial charge is 0.0836 e.